The second kappa shape index (κ2) is 8.11. The number of benzene rings is 1. The Hall–Kier alpha value is -1.88. The van der Waals surface area contributed by atoms with Crippen LogP contribution in [0.4, 0.5) is 0 Å². The Balaban J connectivity index is 1.94. The van der Waals surface area contributed by atoms with Gasteiger partial charge in [0.1, 0.15) is 0 Å². The fourth-order valence-corrected chi connectivity index (χ4v) is 2.94. The SMILES string of the molecule is C[C@@H]1CC[C@H](CCC(=O)N[C@H](c2ccccc2)[C@@H](C)C(=O)O)O1. The van der Waals surface area contributed by atoms with Gasteiger partial charge in [-0.15, -0.1) is 0 Å². The molecule has 0 saturated carbocycles. The number of carboxylic acids is 1. The van der Waals surface area contributed by atoms with Gasteiger partial charge in [-0.25, -0.2) is 0 Å². The number of hydrogen-bond acceptors (Lipinski definition) is 3. The predicted molar refractivity (Wildman–Crippen MR) is 86.9 cm³/mol. The van der Waals surface area contributed by atoms with Crippen molar-refractivity contribution in [2.24, 2.45) is 5.92 Å². The standard InChI is InChI=1S/C18H25NO4/c1-12-8-9-15(23-12)10-11-16(20)19-17(13(2)18(21)22)14-6-4-3-5-7-14/h3-7,12-13,15,17H,8-11H2,1-2H3,(H,19,20)(H,21,22)/t12-,13-,15-,17+/m1/s1. The van der Waals surface area contributed by atoms with Crippen molar-refractivity contribution in [3.05, 3.63) is 35.9 Å². The highest BCUT2D eigenvalue weighted by atomic mass is 16.5. The molecule has 0 bridgehead atoms. The predicted octanol–water partition coefficient (Wildman–Crippen LogP) is 2.91. The first-order valence-corrected chi connectivity index (χ1v) is 8.20. The van der Waals surface area contributed by atoms with Crippen molar-refractivity contribution in [1.29, 1.82) is 0 Å². The lowest BCUT2D eigenvalue weighted by molar-refractivity contribution is -0.142. The van der Waals surface area contributed by atoms with Crippen LogP contribution in [0.3, 0.4) is 0 Å². The molecule has 0 spiro atoms. The van der Waals surface area contributed by atoms with Crippen LogP contribution in [-0.2, 0) is 14.3 Å². The summed E-state index contributed by atoms with van der Waals surface area (Å²) in [5.74, 6) is -1.74. The van der Waals surface area contributed by atoms with E-state index in [1.807, 2.05) is 37.3 Å². The number of carboxylic acid groups (broad SMARTS) is 1. The molecule has 4 atom stereocenters. The quantitative estimate of drug-likeness (QED) is 0.810. The first-order chi connectivity index (χ1) is 11.0. The molecule has 1 fully saturated rings. The Morgan fingerprint density at radius 3 is 2.57 bits per heavy atom. The third-order valence-electron chi connectivity index (χ3n) is 4.38. The molecule has 1 heterocycles. The Kier molecular flexibility index (Phi) is 6.16. The first-order valence-electron chi connectivity index (χ1n) is 8.20. The third kappa shape index (κ3) is 5.06. The lowest BCUT2D eigenvalue weighted by atomic mass is 9.94. The van der Waals surface area contributed by atoms with E-state index >= 15 is 0 Å². The minimum Gasteiger partial charge on any atom is -0.481 e. The lowest BCUT2D eigenvalue weighted by Gasteiger charge is -2.23. The Bertz CT molecular complexity index is 531. The van der Waals surface area contributed by atoms with Gasteiger partial charge in [-0.1, -0.05) is 30.3 Å². The minimum absolute atomic E-state index is 0.130. The molecular weight excluding hydrogens is 294 g/mol. The van der Waals surface area contributed by atoms with Crippen molar-refractivity contribution in [1.82, 2.24) is 5.32 Å². The van der Waals surface area contributed by atoms with Crippen LogP contribution in [0.5, 0.6) is 0 Å². The molecular formula is C18H25NO4. The van der Waals surface area contributed by atoms with Crippen LogP contribution in [-0.4, -0.2) is 29.2 Å². The zero-order chi connectivity index (χ0) is 16.8. The maximum Gasteiger partial charge on any atom is 0.308 e. The van der Waals surface area contributed by atoms with Crippen LogP contribution in [0.15, 0.2) is 30.3 Å². The van der Waals surface area contributed by atoms with Gasteiger partial charge in [0.05, 0.1) is 24.2 Å². The number of rotatable bonds is 7. The van der Waals surface area contributed by atoms with Crippen molar-refractivity contribution in [3.63, 3.8) is 0 Å². The fraction of sp³-hybridized carbons (Fsp3) is 0.556. The van der Waals surface area contributed by atoms with E-state index in [0.29, 0.717) is 12.8 Å². The molecule has 5 nitrogen and oxygen atoms in total. The summed E-state index contributed by atoms with van der Waals surface area (Å²) in [6, 6.07) is 8.71. The molecule has 5 heteroatoms. The van der Waals surface area contributed by atoms with Crippen LogP contribution in [0.1, 0.15) is 51.1 Å². The second-order valence-corrected chi connectivity index (χ2v) is 6.27. The zero-order valence-corrected chi connectivity index (χ0v) is 13.7. The monoisotopic (exact) mass is 319 g/mol. The van der Waals surface area contributed by atoms with Gasteiger partial charge in [0, 0.05) is 6.42 Å². The summed E-state index contributed by atoms with van der Waals surface area (Å²) in [4.78, 5) is 23.6. The van der Waals surface area contributed by atoms with Crippen molar-refractivity contribution in [2.45, 2.75) is 57.8 Å². The number of aliphatic carboxylic acids is 1. The molecule has 23 heavy (non-hydrogen) atoms. The van der Waals surface area contributed by atoms with Crippen molar-refractivity contribution in [2.75, 3.05) is 0 Å². The summed E-state index contributed by atoms with van der Waals surface area (Å²) in [5.41, 5.74) is 0.807. The van der Waals surface area contributed by atoms with E-state index in [9.17, 15) is 14.7 Å². The first kappa shape index (κ1) is 17.5. The van der Waals surface area contributed by atoms with Crippen LogP contribution >= 0.6 is 0 Å². The molecule has 2 rings (SSSR count). The lowest BCUT2D eigenvalue weighted by Crippen LogP contribution is -2.35. The van der Waals surface area contributed by atoms with Crippen molar-refractivity contribution >= 4 is 11.9 Å². The van der Waals surface area contributed by atoms with E-state index in [1.54, 1.807) is 6.92 Å². The molecule has 126 valence electrons. The number of amides is 1. The van der Waals surface area contributed by atoms with Crippen LogP contribution in [0.2, 0.25) is 0 Å². The van der Waals surface area contributed by atoms with Gasteiger partial charge >= 0.3 is 5.97 Å². The summed E-state index contributed by atoms with van der Waals surface area (Å²) >= 11 is 0. The Morgan fingerprint density at radius 2 is 2.00 bits per heavy atom. The van der Waals surface area contributed by atoms with Crippen molar-refractivity contribution < 1.29 is 19.4 Å². The average molecular weight is 319 g/mol. The van der Waals surface area contributed by atoms with Gasteiger partial charge in [0.2, 0.25) is 5.91 Å². The molecule has 1 aromatic carbocycles. The van der Waals surface area contributed by atoms with Crippen LogP contribution < -0.4 is 5.32 Å². The normalized spacial score (nSPS) is 23.2. The van der Waals surface area contributed by atoms with Gasteiger partial charge in [-0.2, -0.15) is 0 Å². The highest BCUT2D eigenvalue weighted by Gasteiger charge is 2.27. The molecule has 1 aliphatic rings. The number of carbonyl (C=O) groups excluding carboxylic acids is 1. The smallest absolute Gasteiger partial charge is 0.308 e. The van der Waals surface area contributed by atoms with E-state index in [1.165, 1.54) is 0 Å². The van der Waals surface area contributed by atoms with E-state index < -0.39 is 17.9 Å². The zero-order valence-electron chi connectivity index (χ0n) is 13.7. The summed E-state index contributed by atoms with van der Waals surface area (Å²) in [5, 5.41) is 12.2. The summed E-state index contributed by atoms with van der Waals surface area (Å²) in [6.45, 7) is 3.65. The van der Waals surface area contributed by atoms with Gasteiger partial charge in [-0.05, 0) is 38.7 Å². The molecule has 2 N–H and O–H groups in total. The third-order valence-corrected chi connectivity index (χ3v) is 4.38. The van der Waals surface area contributed by atoms with Gasteiger partial charge in [0.15, 0.2) is 0 Å². The molecule has 1 saturated heterocycles. The molecule has 0 unspecified atom stereocenters. The van der Waals surface area contributed by atoms with Crippen LogP contribution in [0, 0.1) is 5.92 Å². The number of hydrogen-bond donors (Lipinski definition) is 2. The molecule has 1 aromatic rings. The largest absolute Gasteiger partial charge is 0.481 e. The summed E-state index contributed by atoms with van der Waals surface area (Å²) in [7, 11) is 0. The Morgan fingerprint density at radius 1 is 1.30 bits per heavy atom. The van der Waals surface area contributed by atoms with Gasteiger partial charge < -0.3 is 15.2 Å². The highest BCUT2D eigenvalue weighted by molar-refractivity contribution is 5.78. The van der Waals surface area contributed by atoms with E-state index in [4.69, 9.17) is 4.74 Å². The van der Waals surface area contributed by atoms with E-state index in [-0.39, 0.29) is 18.1 Å². The van der Waals surface area contributed by atoms with E-state index in [2.05, 4.69) is 5.32 Å². The van der Waals surface area contributed by atoms with Gasteiger partial charge in [-0.3, -0.25) is 9.59 Å². The number of nitrogens with one attached hydrogen (secondary N) is 1. The summed E-state index contributed by atoms with van der Waals surface area (Å²) < 4.78 is 5.71. The highest BCUT2D eigenvalue weighted by Crippen LogP contribution is 2.24. The minimum atomic E-state index is -0.924. The molecule has 1 amide bonds. The van der Waals surface area contributed by atoms with E-state index in [0.717, 1.165) is 18.4 Å². The average Bonchev–Trinajstić information content (AvgIpc) is 2.96. The molecule has 0 radical (unpaired) electrons. The fourth-order valence-electron chi connectivity index (χ4n) is 2.94. The van der Waals surface area contributed by atoms with Crippen LogP contribution in [0.25, 0.3) is 0 Å². The maximum absolute atomic E-state index is 12.2. The second-order valence-electron chi connectivity index (χ2n) is 6.27. The maximum atomic E-state index is 12.2. The summed E-state index contributed by atoms with van der Waals surface area (Å²) in [6.07, 6.45) is 3.47. The number of ether oxygens (including phenoxy) is 1. The van der Waals surface area contributed by atoms with Crippen molar-refractivity contribution in [3.8, 4) is 0 Å². The molecule has 0 aliphatic carbocycles. The number of carbonyl (C=O) groups is 2. The topological polar surface area (TPSA) is 75.6 Å². The molecule has 0 aromatic heterocycles. The molecule has 1 aliphatic heterocycles. The Labute approximate surface area is 137 Å². The van der Waals surface area contributed by atoms with Gasteiger partial charge in [0.25, 0.3) is 0 Å².